The van der Waals surface area contributed by atoms with Crippen LogP contribution in [0.5, 0.6) is 0 Å². The average molecular weight is 493 g/mol. The molecule has 0 nitrogen and oxygen atoms in total. The summed E-state index contributed by atoms with van der Waals surface area (Å²) < 4.78 is 0. The highest BCUT2D eigenvalue weighted by Gasteiger charge is 2.34. The van der Waals surface area contributed by atoms with Crippen LogP contribution >= 0.6 is 0 Å². The summed E-state index contributed by atoms with van der Waals surface area (Å²) in [6, 6.07) is 40.9. The summed E-state index contributed by atoms with van der Waals surface area (Å²) >= 11 is 0. The van der Waals surface area contributed by atoms with Gasteiger partial charge in [0.1, 0.15) is 0 Å². The van der Waals surface area contributed by atoms with Crippen molar-refractivity contribution in [2.24, 2.45) is 0 Å². The second kappa shape index (κ2) is 7.04. The molecule has 3 aliphatic carbocycles. The summed E-state index contributed by atoms with van der Waals surface area (Å²) in [6.45, 7) is 0. The van der Waals surface area contributed by atoms with Gasteiger partial charge in [0.15, 0.2) is 0 Å². The molecular formula is C39H24. The fourth-order valence-corrected chi connectivity index (χ4v) is 8.10. The van der Waals surface area contributed by atoms with Crippen LogP contribution in [0.1, 0.15) is 33.4 Å². The van der Waals surface area contributed by atoms with Crippen molar-refractivity contribution < 1.29 is 0 Å². The van der Waals surface area contributed by atoms with Crippen molar-refractivity contribution in [2.75, 3.05) is 0 Å². The Hall–Kier alpha value is -4.68. The molecule has 0 aliphatic heterocycles. The lowest BCUT2D eigenvalue weighted by Crippen LogP contribution is -1.92. The summed E-state index contributed by atoms with van der Waals surface area (Å²) in [5, 5.41) is 9.28. The predicted octanol–water partition coefficient (Wildman–Crippen LogP) is 9.86. The first kappa shape index (κ1) is 20.3. The van der Waals surface area contributed by atoms with Gasteiger partial charge >= 0.3 is 0 Å². The number of hydrogen-bond donors (Lipinski definition) is 0. The third-order valence-corrected chi connectivity index (χ3v) is 9.64. The Labute approximate surface area is 227 Å². The Morgan fingerprint density at radius 2 is 0.795 bits per heavy atom. The van der Waals surface area contributed by atoms with E-state index in [4.69, 9.17) is 0 Å². The predicted molar refractivity (Wildman–Crippen MR) is 164 cm³/mol. The molecule has 7 aromatic rings. The van der Waals surface area contributed by atoms with Crippen molar-refractivity contribution >= 4 is 32.3 Å². The molecule has 0 aromatic heterocycles. The first-order chi connectivity index (χ1) is 19.3. The molecule has 0 radical (unpaired) electrons. The lowest BCUT2D eigenvalue weighted by Gasteiger charge is -2.14. The number of benzene rings is 7. The van der Waals surface area contributed by atoms with E-state index in [1.165, 1.54) is 66.8 Å². The van der Waals surface area contributed by atoms with Crippen LogP contribution in [-0.4, -0.2) is 0 Å². The van der Waals surface area contributed by atoms with Gasteiger partial charge < -0.3 is 0 Å². The van der Waals surface area contributed by atoms with E-state index >= 15 is 0 Å². The molecule has 7 aromatic carbocycles. The third kappa shape index (κ3) is 2.50. The van der Waals surface area contributed by atoms with Gasteiger partial charge in [0.25, 0.3) is 0 Å². The van der Waals surface area contributed by atoms with Crippen molar-refractivity contribution in [3.63, 3.8) is 0 Å². The second-order valence-electron chi connectivity index (χ2n) is 11.6. The standard InChI is InChI=1S/C39H24/c1-3-8-22(9-4-1)24-12-7-13-25(16-24)31-20-29-21-33-30(23-10-5-2-6-11-23)19-28-17-26-14-15-27-18-32(31)38-35(27)34(26)36(28)39(33)37(29)38/h1-16,19-20H,17-18,21H2. The third-order valence-electron chi connectivity index (χ3n) is 9.64. The average Bonchev–Trinajstić information content (AvgIpc) is 3.68. The Kier molecular flexibility index (Phi) is 3.66. The van der Waals surface area contributed by atoms with E-state index in [0.717, 1.165) is 19.3 Å². The molecule has 0 N–H and O–H groups in total. The quantitative estimate of drug-likeness (QED) is 0.215. The summed E-state index contributed by atoms with van der Waals surface area (Å²) in [7, 11) is 0. The van der Waals surface area contributed by atoms with Gasteiger partial charge in [-0.3, -0.25) is 0 Å². The van der Waals surface area contributed by atoms with E-state index in [2.05, 4.69) is 109 Å². The summed E-state index contributed by atoms with van der Waals surface area (Å²) in [5.74, 6) is 0. The maximum absolute atomic E-state index is 2.55. The first-order valence-electron chi connectivity index (χ1n) is 14.1. The molecule has 0 unspecified atom stereocenters. The molecule has 0 bridgehead atoms. The van der Waals surface area contributed by atoms with Crippen LogP contribution in [0.15, 0.2) is 109 Å². The molecule has 10 rings (SSSR count). The summed E-state index contributed by atoms with van der Waals surface area (Å²) in [4.78, 5) is 0. The first-order valence-corrected chi connectivity index (χ1v) is 14.1. The monoisotopic (exact) mass is 492 g/mol. The molecule has 0 saturated carbocycles. The molecule has 180 valence electrons. The Morgan fingerprint density at radius 1 is 0.308 bits per heavy atom. The van der Waals surface area contributed by atoms with Crippen LogP contribution in [0.2, 0.25) is 0 Å². The molecule has 0 atom stereocenters. The van der Waals surface area contributed by atoms with E-state index < -0.39 is 0 Å². The minimum Gasteiger partial charge on any atom is -0.0622 e. The highest BCUT2D eigenvalue weighted by atomic mass is 14.4. The molecule has 39 heavy (non-hydrogen) atoms. The van der Waals surface area contributed by atoms with E-state index in [1.54, 1.807) is 32.3 Å². The zero-order valence-electron chi connectivity index (χ0n) is 21.5. The van der Waals surface area contributed by atoms with Crippen LogP contribution in [0, 0.1) is 0 Å². The molecule has 3 aliphatic rings. The van der Waals surface area contributed by atoms with Crippen molar-refractivity contribution in [1.29, 1.82) is 0 Å². The van der Waals surface area contributed by atoms with Gasteiger partial charge in [0, 0.05) is 0 Å². The van der Waals surface area contributed by atoms with Gasteiger partial charge in [-0.15, -0.1) is 0 Å². The SMILES string of the molecule is c1ccc(-c2cccc(-c3cc4c5c6c3Cc3ccc7c(c36)c3c(cc(-c6ccccc6)c(c35)C4)C7)c2)cc1. The topological polar surface area (TPSA) is 0 Å². The Balaban J connectivity index is 1.32. The molecule has 0 saturated heterocycles. The maximum atomic E-state index is 2.55. The van der Waals surface area contributed by atoms with Gasteiger partial charge in [0.2, 0.25) is 0 Å². The van der Waals surface area contributed by atoms with Gasteiger partial charge in [-0.25, -0.2) is 0 Å². The molecule has 0 amide bonds. The molecular weight excluding hydrogens is 468 g/mol. The summed E-state index contributed by atoms with van der Waals surface area (Å²) in [6.07, 6.45) is 3.09. The van der Waals surface area contributed by atoms with E-state index in [9.17, 15) is 0 Å². The molecule has 0 spiro atoms. The normalized spacial score (nSPS) is 13.8. The van der Waals surface area contributed by atoms with Crippen LogP contribution in [0.3, 0.4) is 0 Å². The van der Waals surface area contributed by atoms with Crippen molar-refractivity contribution in [3.8, 4) is 33.4 Å². The van der Waals surface area contributed by atoms with Crippen molar-refractivity contribution in [2.45, 2.75) is 19.3 Å². The maximum Gasteiger partial charge on any atom is -0.000660 e. The number of rotatable bonds is 3. The zero-order valence-corrected chi connectivity index (χ0v) is 21.5. The van der Waals surface area contributed by atoms with Crippen LogP contribution in [0.25, 0.3) is 65.7 Å². The smallest absolute Gasteiger partial charge is 0.000660 e. The van der Waals surface area contributed by atoms with Crippen LogP contribution in [0.4, 0.5) is 0 Å². The van der Waals surface area contributed by atoms with Crippen LogP contribution in [-0.2, 0) is 19.3 Å². The minimum atomic E-state index is 1.01. The Morgan fingerprint density at radius 3 is 1.54 bits per heavy atom. The van der Waals surface area contributed by atoms with Gasteiger partial charge in [-0.1, -0.05) is 91.0 Å². The number of hydrogen-bond acceptors (Lipinski definition) is 0. The molecule has 0 fully saturated rings. The van der Waals surface area contributed by atoms with E-state index in [0.29, 0.717) is 0 Å². The highest BCUT2D eigenvalue weighted by molar-refractivity contribution is 6.34. The van der Waals surface area contributed by atoms with Gasteiger partial charge in [-0.05, 0) is 137 Å². The van der Waals surface area contributed by atoms with E-state index in [1.807, 2.05) is 0 Å². The minimum absolute atomic E-state index is 1.01. The fourth-order valence-electron chi connectivity index (χ4n) is 8.10. The summed E-state index contributed by atoms with van der Waals surface area (Å²) in [5.41, 5.74) is 17.2. The van der Waals surface area contributed by atoms with Crippen molar-refractivity contribution in [3.05, 3.63) is 143 Å². The zero-order chi connectivity index (χ0) is 25.2. The van der Waals surface area contributed by atoms with E-state index in [-0.39, 0.29) is 0 Å². The Bertz CT molecular complexity index is 2220. The highest BCUT2D eigenvalue weighted by Crippen LogP contribution is 2.56. The lowest BCUT2D eigenvalue weighted by atomic mass is 9.89. The van der Waals surface area contributed by atoms with Gasteiger partial charge in [-0.2, -0.15) is 0 Å². The second-order valence-corrected chi connectivity index (χ2v) is 11.6. The lowest BCUT2D eigenvalue weighted by molar-refractivity contribution is 1.24. The molecule has 0 heterocycles. The molecule has 0 heteroatoms. The van der Waals surface area contributed by atoms with Gasteiger partial charge in [0.05, 0.1) is 0 Å². The fraction of sp³-hybridized carbons (Fsp3) is 0.0769. The van der Waals surface area contributed by atoms with Crippen molar-refractivity contribution in [1.82, 2.24) is 0 Å². The van der Waals surface area contributed by atoms with Crippen LogP contribution < -0.4 is 0 Å². The largest absolute Gasteiger partial charge is 0.0622 e.